The van der Waals surface area contributed by atoms with Crippen LogP contribution >= 0.6 is 0 Å². The Morgan fingerprint density at radius 2 is 1.73 bits per heavy atom. The number of benzene rings is 2. The van der Waals surface area contributed by atoms with Gasteiger partial charge in [-0.1, -0.05) is 0 Å². The fourth-order valence-electron chi connectivity index (χ4n) is 3.76. The number of hydrogen-bond donors (Lipinski definition) is 1. The van der Waals surface area contributed by atoms with E-state index in [1.165, 1.54) is 24.3 Å². The second-order valence-corrected chi connectivity index (χ2v) is 8.29. The first-order chi connectivity index (χ1) is 15.9. The normalized spacial score (nSPS) is 14.6. The molecule has 1 atom stereocenters. The molecule has 0 saturated heterocycles. The average Bonchev–Trinajstić information content (AvgIpc) is 3.61. The summed E-state index contributed by atoms with van der Waals surface area (Å²) in [5, 5.41) is 15.1. The minimum absolute atomic E-state index is 0.284. The highest BCUT2D eigenvalue weighted by atomic mass is 19.1. The van der Waals surface area contributed by atoms with Gasteiger partial charge in [0.15, 0.2) is 0 Å². The monoisotopic (exact) mass is 457 g/mol. The van der Waals surface area contributed by atoms with Gasteiger partial charge in [-0.25, -0.2) is 13.5 Å². The molecule has 4 rings (SSSR count). The molecule has 1 heterocycles. The molecule has 6 nitrogen and oxygen atoms in total. The molecule has 8 heteroatoms. The third kappa shape index (κ3) is 5.96. The van der Waals surface area contributed by atoms with E-state index >= 15 is 0 Å². The van der Waals surface area contributed by atoms with Crippen molar-refractivity contribution >= 4 is 0 Å². The molecule has 0 amide bonds. The third-order valence-corrected chi connectivity index (χ3v) is 5.62. The van der Waals surface area contributed by atoms with Crippen LogP contribution < -0.4 is 4.74 Å². The Bertz CT molecular complexity index is 1050. The fraction of sp³-hybridized carbons (Fsp3) is 0.400. The van der Waals surface area contributed by atoms with Gasteiger partial charge in [-0.3, -0.25) is 4.90 Å². The Labute approximate surface area is 192 Å². The molecular formula is C25H29F2N3O3. The van der Waals surface area contributed by atoms with E-state index in [-0.39, 0.29) is 18.2 Å². The number of aliphatic hydroxyl groups excluding tert-OH is 1. The summed E-state index contributed by atoms with van der Waals surface area (Å²) < 4.78 is 40.1. The lowest BCUT2D eigenvalue weighted by Crippen LogP contribution is -2.36. The largest absolute Gasteiger partial charge is 0.439 e. The Morgan fingerprint density at radius 1 is 1.09 bits per heavy atom. The van der Waals surface area contributed by atoms with Crippen LogP contribution in [-0.4, -0.2) is 51.7 Å². The maximum absolute atomic E-state index is 13.5. The molecule has 176 valence electrons. The Balaban J connectivity index is 1.66. The first kappa shape index (κ1) is 23.4. The maximum Gasteiger partial charge on any atom is 0.227 e. The van der Waals surface area contributed by atoms with Crippen molar-refractivity contribution in [2.45, 2.75) is 45.4 Å². The van der Waals surface area contributed by atoms with Crippen LogP contribution in [0.15, 0.2) is 48.5 Å². The number of aliphatic hydroxyl groups is 1. The fourth-order valence-corrected chi connectivity index (χ4v) is 3.76. The van der Waals surface area contributed by atoms with Crippen molar-refractivity contribution in [1.29, 1.82) is 0 Å². The number of aromatic nitrogens is 2. The lowest BCUT2D eigenvalue weighted by atomic mass is 10.2. The van der Waals surface area contributed by atoms with Gasteiger partial charge in [-0.2, -0.15) is 5.10 Å². The molecule has 3 aromatic rings. The van der Waals surface area contributed by atoms with Crippen LogP contribution in [0.25, 0.3) is 5.69 Å². The second-order valence-electron chi connectivity index (χ2n) is 8.29. The lowest BCUT2D eigenvalue weighted by Gasteiger charge is -2.25. The minimum Gasteiger partial charge on any atom is -0.439 e. The third-order valence-electron chi connectivity index (χ3n) is 5.62. The number of rotatable bonds is 11. The number of halogens is 2. The molecule has 0 aliphatic heterocycles. The first-order valence-electron chi connectivity index (χ1n) is 11.2. The number of hydrogen-bond acceptors (Lipinski definition) is 5. The molecule has 0 radical (unpaired) electrons. The molecule has 0 unspecified atom stereocenters. The Kier molecular flexibility index (Phi) is 7.37. The van der Waals surface area contributed by atoms with E-state index in [0.717, 1.165) is 24.1 Å². The van der Waals surface area contributed by atoms with Gasteiger partial charge >= 0.3 is 0 Å². The smallest absolute Gasteiger partial charge is 0.227 e. The van der Waals surface area contributed by atoms with E-state index in [0.29, 0.717) is 43.1 Å². The van der Waals surface area contributed by atoms with Crippen LogP contribution in [-0.2, 0) is 11.3 Å². The first-order valence-corrected chi connectivity index (χ1v) is 11.2. The second kappa shape index (κ2) is 10.4. The van der Waals surface area contributed by atoms with E-state index in [4.69, 9.17) is 9.47 Å². The van der Waals surface area contributed by atoms with Crippen molar-refractivity contribution < 1.29 is 23.4 Å². The van der Waals surface area contributed by atoms with Crippen molar-refractivity contribution in [2.24, 2.45) is 0 Å². The molecular weight excluding hydrogens is 428 g/mol. The molecule has 1 fully saturated rings. The van der Waals surface area contributed by atoms with Crippen molar-refractivity contribution in [3.8, 4) is 17.3 Å². The van der Waals surface area contributed by atoms with Crippen molar-refractivity contribution in [3.05, 3.63) is 71.4 Å². The molecule has 1 aliphatic rings. The van der Waals surface area contributed by atoms with Crippen LogP contribution in [0.3, 0.4) is 0 Å². The number of ether oxygens (including phenoxy) is 2. The summed E-state index contributed by atoms with van der Waals surface area (Å²) >= 11 is 0. The zero-order valence-electron chi connectivity index (χ0n) is 18.9. The van der Waals surface area contributed by atoms with Crippen LogP contribution in [0.5, 0.6) is 11.6 Å². The summed E-state index contributed by atoms with van der Waals surface area (Å²) in [4.78, 5) is 2.22. The Hall–Kier alpha value is -2.81. The van der Waals surface area contributed by atoms with E-state index in [9.17, 15) is 13.9 Å². The topological polar surface area (TPSA) is 59.8 Å². The van der Waals surface area contributed by atoms with E-state index in [2.05, 4.69) is 10.00 Å². The highest BCUT2D eigenvalue weighted by Gasteiger charge is 2.32. The average molecular weight is 458 g/mol. The number of nitrogens with zero attached hydrogens (tertiary/aromatic N) is 3. The summed E-state index contributed by atoms with van der Waals surface area (Å²) in [7, 11) is 0. The van der Waals surface area contributed by atoms with Crippen molar-refractivity contribution in [3.63, 3.8) is 0 Å². The Morgan fingerprint density at radius 3 is 2.33 bits per heavy atom. The van der Waals surface area contributed by atoms with Gasteiger partial charge in [0.1, 0.15) is 17.4 Å². The van der Waals surface area contributed by atoms with E-state index in [1.807, 2.05) is 13.8 Å². The lowest BCUT2D eigenvalue weighted by molar-refractivity contribution is 0.0177. The van der Waals surface area contributed by atoms with Gasteiger partial charge in [-0.05, 0) is 75.2 Å². The SMILES string of the molecule is CCOC[C@H](O)CN(Cc1c(C)nn(-c2ccc(F)cc2)c1Oc1ccc(F)cc1)C1CC1. The zero-order valence-corrected chi connectivity index (χ0v) is 18.9. The van der Waals surface area contributed by atoms with Gasteiger partial charge in [0, 0.05) is 25.7 Å². The standard InChI is InChI=1S/C25H29F2N3O3/c1-3-32-16-22(31)14-29(20-10-11-20)15-24-17(2)28-30(21-8-4-18(26)5-9-21)25(24)33-23-12-6-19(27)7-13-23/h4-9,12-13,20,22,31H,3,10-11,14-16H2,1-2H3/t22-/m1/s1. The van der Waals surface area contributed by atoms with Crippen LogP contribution in [0.1, 0.15) is 31.0 Å². The van der Waals surface area contributed by atoms with Crippen molar-refractivity contribution in [2.75, 3.05) is 19.8 Å². The highest BCUT2D eigenvalue weighted by molar-refractivity contribution is 5.43. The van der Waals surface area contributed by atoms with Gasteiger partial charge in [0.05, 0.1) is 29.7 Å². The highest BCUT2D eigenvalue weighted by Crippen LogP contribution is 2.35. The van der Waals surface area contributed by atoms with Gasteiger partial charge in [-0.15, -0.1) is 0 Å². The number of aryl methyl sites for hydroxylation is 1. The van der Waals surface area contributed by atoms with Crippen LogP contribution in [0.4, 0.5) is 8.78 Å². The van der Waals surface area contributed by atoms with Crippen molar-refractivity contribution in [1.82, 2.24) is 14.7 Å². The maximum atomic E-state index is 13.5. The summed E-state index contributed by atoms with van der Waals surface area (Å²) in [6.07, 6.45) is 1.54. The molecule has 1 aromatic heterocycles. The summed E-state index contributed by atoms with van der Waals surface area (Å²) in [6.45, 7) is 5.64. The predicted molar refractivity (Wildman–Crippen MR) is 121 cm³/mol. The summed E-state index contributed by atoms with van der Waals surface area (Å²) in [5.41, 5.74) is 2.28. The zero-order chi connectivity index (χ0) is 23.4. The van der Waals surface area contributed by atoms with Crippen LogP contribution in [0.2, 0.25) is 0 Å². The minimum atomic E-state index is -0.598. The quantitative estimate of drug-likeness (QED) is 0.456. The molecule has 2 aromatic carbocycles. The summed E-state index contributed by atoms with van der Waals surface area (Å²) in [5.74, 6) is 0.256. The van der Waals surface area contributed by atoms with Gasteiger partial charge in [0.2, 0.25) is 5.88 Å². The van der Waals surface area contributed by atoms with E-state index in [1.54, 1.807) is 28.9 Å². The molecule has 0 spiro atoms. The summed E-state index contributed by atoms with van der Waals surface area (Å²) in [6, 6.07) is 12.2. The predicted octanol–water partition coefficient (Wildman–Crippen LogP) is 4.61. The molecule has 0 bridgehead atoms. The van der Waals surface area contributed by atoms with E-state index < -0.39 is 6.10 Å². The van der Waals surface area contributed by atoms with Gasteiger partial charge < -0.3 is 14.6 Å². The molecule has 1 N–H and O–H groups in total. The molecule has 1 aliphatic carbocycles. The molecule has 1 saturated carbocycles. The molecule has 33 heavy (non-hydrogen) atoms. The van der Waals surface area contributed by atoms with Gasteiger partial charge in [0.25, 0.3) is 0 Å². The van der Waals surface area contributed by atoms with Crippen LogP contribution in [0, 0.1) is 18.6 Å².